The molecule has 0 aliphatic carbocycles. The predicted molar refractivity (Wildman–Crippen MR) is 72.5 cm³/mol. The number of fused-ring (bicyclic) bond motifs is 1. The minimum atomic E-state index is -0.686. The molecule has 2 unspecified atom stereocenters. The third-order valence-electron chi connectivity index (χ3n) is 3.39. The fraction of sp³-hybridized carbons (Fsp3) is 0.250. The number of benzene rings is 2. The minimum absolute atomic E-state index is 0.354. The smallest absolute Gasteiger partial charge is 0.163 e. The summed E-state index contributed by atoms with van der Waals surface area (Å²) >= 11 is 0. The molecular formula is C16H16O3. The Hall–Kier alpha value is -2.00. The van der Waals surface area contributed by atoms with E-state index in [1.807, 2.05) is 55.5 Å². The lowest BCUT2D eigenvalue weighted by atomic mass is 9.99. The Labute approximate surface area is 112 Å². The van der Waals surface area contributed by atoms with Crippen LogP contribution in [0.5, 0.6) is 11.5 Å². The van der Waals surface area contributed by atoms with Crippen LogP contribution in [0.1, 0.15) is 17.2 Å². The zero-order chi connectivity index (χ0) is 13.2. The second-order valence-electron chi connectivity index (χ2n) is 4.72. The number of aliphatic hydroxyl groups is 1. The molecule has 3 nitrogen and oxygen atoms in total. The molecule has 19 heavy (non-hydrogen) atoms. The highest BCUT2D eigenvalue weighted by atomic mass is 16.6. The number of hydrogen-bond donors (Lipinski definition) is 1. The molecule has 0 saturated heterocycles. The van der Waals surface area contributed by atoms with Crippen molar-refractivity contribution in [2.75, 3.05) is 6.61 Å². The lowest BCUT2D eigenvalue weighted by Crippen LogP contribution is -2.35. The first-order valence-corrected chi connectivity index (χ1v) is 6.38. The van der Waals surface area contributed by atoms with Crippen molar-refractivity contribution < 1.29 is 14.6 Å². The summed E-state index contributed by atoms with van der Waals surface area (Å²) in [6.45, 7) is 2.34. The van der Waals surface area contributed by atoms with Crippen molar-refractivity contribution in [3.05, 3.63) is 59.7 Å². The standard InChI is InChI=1S/C16H16O3/c1-11-6-2-3-7-12(11)16(17)15-10-18-13-8-4-5-9-14(13)19-15/h2-9,15-17H,10H2,1H3. The molecule has 0 aromatic heterocycles. The molecule has 1 N–H and O–H groups in total. The molecule has 98 valence electrons. The molecule has 0 bridgehead atoms. The van der Waals surface area contributed by atoms with Crippen LogP contribution in [0.25, 0.3) is 0 Å². The van der Waals surface area contributed by atoms with E-state index in [-0.39, 0.29) is 6.10 Å². The van der Waals surface area contributed by atoms with E-state index in [0.29, 0.717) is 12.4 Å². The summed E-state index contributed by atoms with van der Waals surface area (Å²) in [5.41, 5.74) is 1.94. The van der Waals surface area contributed by atoms with Crippen LogP contribution in [-0.4, -0.2) is 17.8 Å². The Morgan fingerprint density at radius 3 is 2.53 bits per heavy atom. The minimum Gasteiger partial charge on any atom is -0.486 e. The molecule has 0 amide bonds. The van der Waals surface area contributed by atoms with E-state index < -0.39 is 6.10 Å². The van der Waals surface area contributed by atoms with Gasteiger partial charge in [-0.1, -0.05) is 36.4 Å². The van der Waals surface area contributed by atoms with Crippen LogP contribution >= 0.6 is 0 Å². The van der Waals surface area contributed by atoms with Crippen LogP contribution in [-0.2, 0) is 0 Å². The first kappa shape index (κ1) is 12.1. The zero-order valence-electron chi connectivity index (χ0n) is 10.7. The third kappa shape index (κ3) is 2.29. The topological polar surface area (TPSA) is 38.7 Å². The number of ether oxygens (including phenoxy) is 2. The Morgan fingerprint density at radius 2 is 1.74 bits per heavy atom. The summed E-state index contributed by atoms with van der Waals surface area (Å²) in [6.07, 6.45) is -1.06. The number of aryl methyl sites for hydroxylation is 1. The first-order valence-electron chi connectivity index (χ1n) is 6.38. The van der Waals surface area contributed by atoms with Crippen molar-refractivity contribution in [1.82, 2.24) is 0 Å². The monoisotopic (exact) mass is 256 g/mol. The lowest BCUT2D eigenvalue weighted by molar-refractivity contribution is -0.0115. The average Bonchev–Trinajstić information content (AvgIpc) is 2.46. The van der Waals surface area contributed by atoms with Gasteiger partial charge in [0, 0.05) is 0 Å². The molecule has 2 aromatic carbocycles. The Morgan fingerprint density at radius 1 is 1.05 bits per heavy atom. The van der Waals surface area contributed by atoms with Gasteiger partial charge in [-0.15, -0.1) is 0 Å². The maximum Gasteiger partial charge on any atom is 0.163 e. The summed E-state index contributed by atoms with van der Waals surface area (Å²) in [5, 5.41) is 10.4. The van der Waals surface area contributed by atoms with Gasteiger partial charge in [-0.2, -0.15) is 0 Å². The van der Waals surface area contributed by atoms with Gasteiger partial charge < -0.3 is 14.6 Å². The highest BCUT2D eigenvalue weighted by Gasteiger charge is 2.29. The van der Waals surface area contributed by atoms with E-state index in [9.17, 15) is 5.11 Å². The fourth-order valence-electron chi connectivity index (χ4n) is 2.31. The molecule has 2 atom stereocenters. The quantitative estimate of drug-likeness (QED) is 0.898. The van der Waals surface area contributed by atoms with Crippen molar-refractivity contribution in [3.63, 3.8) is 0 Å². The van der Waals surface area contributed by atoms with Crippen molar-refractivity contribution in [2.24, 2.45) is 0 Å². The van der Waals surface area contributed by atoms with Gasteiger partial charge in [-0.05, 0) is 30.2 Å². The highest BCUT2D eigenvalue weighted by Crippen LogP contribution is 2.34. The van der Waals surface area contributed by atoms with E-state index in [1.165, 1.54) is 0 Å². The van der Waals surface area contributed by atoms with Crippen LogP contribution in [0.3, 0.4) is 0 Å². The molecule has 3 heteroatoms. The van der Waals surface area contributed by atoms with Gasteiger partial charge in [0.05, 0.1) is 0 Å². The molecule has 1 heterocycles. The van der Waals surface area contributed by atoms with Crippen LogP contribution in [0.4, 0.5) is 0 Å². The summed E-state index contributed by atoms with van der Waals surface area (Å²) < 4.78 is 11.5. The van der Waals surface area contributed by atoms with Crippen LogP contribution < -0.4 is 9.47 Å². The van der Waals surface area contributed by atoms with Crippen LogP contribution in [0, 0.1) is 6.92 Å². The number of hydrogen-bond acceptors (Lipinski definition) is 3. The summed E-state index contributed by atoms with van der Waals surface area (Å²) in [5.74, 6) is 1.42. The summed E-state index contributed by atoms with van der Waals surface area (Å²) in [7, 11) is 0. The molecule has 3 rings (SSSR count). The number of aliphatic hydroxyl groups excluding tert-OH is 1. The van der Waals surface area contributed by atoms with Crippen molar-refractivity contribution in [1.29, 1.82) is 0 Å². The van der Waals surface area contributed by atoms with Gasteiger partial charge in [0.15, 0.2) is 17.6 Å². The summed E-state index contributed by atoms with van der Waals surface area (Å²) in [6, 6.07) is 15.3. The van der Waals surface area contributed by atoms with E-state index in [4.69, 9.17) is 9.47 Å². The first-order chi connectivity index (χ1) is 9.25. The molecule has 0 fully saturated rings. The second-order valence-corrected chi connectivity index (χ2v) is 4.72. The molecule has 0 saturated carbocycles. The number of para-hydroxylation sites is 2. The zero-order valence-corrected chi connectivity index (χ0v) is 10.7. The third-order valence-corrected chi connectivity index (χ3v) is 3.39. The Bertz CT molecular complexity index is 580. The Kier molecular flexibility index (Phi) is 3.13. The number of rotatable bonds is 2. The molecule has 0 radical (unpaired) electrons. The molecule has 1 aliphatic rings. The van der Waals surface area contributed by atoms with Gasteiger partial charge in [0.2, 0.25) is 0 Å². The van der Waals surface area contributed by atoms with Crippen molar-refractivity contribution in [2.45, 2.75) is 19.1 Å². The molecule has 2 aromatic rings. The van der Waals surface area contributed by atoms with E-state index in [1.54, 1.807) is 0 Å². The normalized spacial score (nSPS) is 18.9. The van der Waals surface area contributed by atoms with E-state index in [0.717, 1.165) is 16.9 Å². The maximum atomic E-state index is 10.4. The molecule has 1 aliphatic heterocycles. The van der Waals surface area contributed by atoms with Gasteiger partial charge >= 0.3 is 0 Å². The van der Waals surface area contributed by atoms with E-state index >= 15 is 0 Å². The van der Waals surface area contributed by atoms with Gasteiger partial charge in [-0.25, -0.2) is 0 Å². The van der Waals surface area contributed by atoms with Crippen molar-refractivity contribution >= 4 is 0 Å². The SMILES string of the molecule is Cc1ccccc1C(O)C1COc2ccccc2O1. The van der Waals surface area contributed by atoms with Crippen LogP contribution in [0.2, 0.25) is 0 Å². The van der Waals surface area contributed by atoms with Gasteiger partial charge in [0.25, 0.3) is 0 Å². The van der Waals surface area contributed by atoms with Gasteiger partial charge in [-0.3, -0.25) is 0 Å². The van der Waals surface area contributed by atoms with Crippen LogP contribution in [0.15, 0.2) is 48.5 Å². The Balaban J connectivity index is 1.83. The molecule has 0 spiro atoms. The lowest BCUT2D eigenvalue weighted by Gasteiger charge is -2.30. The molecular weight excluding hydrogens is 240 g/mol. The largest absolute Gasteiger partial charge is 0.486 e. The average molecular weight is 256 g/mol. The van der Waals surface area contributed by atoms with E-state index in [2.05, 4.69) is 0 Å². The second kappa shape index (κ2) is 4.94. The highest BCUT2D eigenvalue weighted by molar-refractivity contribution is 5.41. The fourth-order valence-corrected chi connectivity index (χ4v) is 2.31. The summed E-state index contributed by atoms with van der Waals surface area (Å²) in [4.78, 5) is 0. The predicted octanol–water partition coefficient (Wildman–Crippen LogP) is 2.87. The van der Waals surface area contributed by atoms with Gasteiger partial charge in [0.1, 0.15) is 12.7 Å². The maximum absolute atomic E-state index is 10.4. The van der Waals surface area contributed by atoms with Crippen molar-refractivity contribution in [3.8, 4) is 11.5 Å².